The largest absolute Gasteiger partial charge is 0.678 e. The van der Waals surface area contributed by atoms with Gasteiger partial charge in [0, 0.05) is 21.7 Å². The predicted molar refractivity (Wildman–Crippen MR) is 197 cm³/mol. The maximum absolute atomic E-state index is 10.5. The molecular weight excluding hydrogens is 696 g/mol. The Morgan fingerprint density at radius 2 is 0.490 bits per heavy atom. The normalized spacial score (nSPS) is 13.0. The van der Waals surface area contributed by atoms with Crippen LogP contribution in [0.3, 0.4) is 0 Å². The molecule has 0 fully saturated rings. The van der Waals surface area contributed by atoms with Gasteiger partial charge < -0.3 is 46.4 Å². The minimum atomic E-state index is -3.66. The summed E-state index contributed by atoms with van der Waals surface area (Å²) in [6.45, 7) is 33.6. The number of rotatable bonds is 6. The third-order valence-corrected chi connectivity index (χ3v) is 9.35. The quantitative estimate of drug-likeness (QED) is 0.212. The molecule has 0 spiro atoms. The molecule has 0 unspecified atom stereocenters. The van der Waals surface area contributed by atoms with E-state index in [0.717, 1.165) is 0 Å². The van der Waals surface area contributed by atoms with Gasteiger partial charge in [0.2, 0.25) is 0 Å². The zero-order valence-electron chi connectivity index (χ0n) is 33.5. The molecule has 0 atom stereocenters. The van der Waals surface area contributed by atoms with Crippen molar-refractivity contribution in [1.82, 2.24) is 0 Å². The van der Waals surface area contributed by atoms with Crippen molar-refractivity contribution in [3.8, 4) is 11.5 Å². The molecule has 284 valence electrons. The van der Waals surface area contributed by atoms with Crippen molar-refractivity contribution < 1.29 is 68.1 Å². The van der Waals surface area contributed by atoms with E-state index < -0.39 is 51.7 Å². The number of para-hydroxylation sites is 2. The molecule has 0 bridgehead atoms. The predicted octanol–water partition coefficient (Wildman–Crippen LogP) is 8.50. The van der Waals surface area contributed by atoms with Crippen LogP contribution in [0.2, 0.25) is 0 Å². The molecule has 0 aromatic heterocycles. The topological polar surface area (TPSA) is 136 Å². The van der Waals surface area contributed by atoms with Gasteiger partial charge in [-0.2, -0.15) is 0 Å². The van der Waals surface area contributed by atoms with Gasteiger partial charge in [-0.05, 0) is 149 Å². The fraction of sp³-hybridized carbons (Fsp3) is 0.667. The number of phenolic OH excluding ortho intramolecular Hbond substituents is 2. The smallest absolute Gasteiger partial charge is 0.508 e. The maximum atomic E-state index is 10.5. The molecule has 2 aromatic carbocycles. The summed E-state index contributed by atoms with van der Waals surface area (Å²) in [6.07, 6.45) is 0. The van der Waals surface area contributed by atoms with Gasteiger partial charge in [-0.3, -0.25) is 0 Å². The second-order valence-corrected chi connectivity index (χ2v) is 20.3. The molecule has 49 heavy (non-hydrogen) atoms. The van der Waals surface area contributed by atoms with Crippen LogP contribution < -0.4 is 0 Å². The van der Waals surface area contributed by atoms with E-state index >= 15 is 0 Å². The van der Waals surface area contributed by atoms with Crippen LogP contribution in [0.4, 0.5) is 0 Å². The Kier molecular flexibility index (Phi) is 22.2. The van der Waals surface area contributed by atoms with Crippen LogP contribution in [0.5, 0.6) is 11.5 Å². The summed E-state index contributed by atoms with van der Waals surface area (Å²) < 4.78 is 33.8. The van der Waals surface area contributed by atoms with Gasteiger partial charge in [-0.15, -0.1) is 0 Å². The first-order valence-corrected chi connectivity index (χ1v) is 19.5. The molecule has 10 nitrogen and oxygen atoms in total. The van der Waals surface area contributed by atoms with Crippen molar-refractivity contribution in [2.45, 2.75) is 158 Å². The fourth-order valence-electron chi connectivity index (χ4n) is 3.30. The molecule has 13 heteroatoms. The van der Waals surface area contributed by atoms with E-state index in [0.29, 0.717) is 11.5 Å². The molecule has 0 heterocycles. The van der Waals surface area contributed by atoms with Gasteiger partial charge in [0.05, 0.1) is 33.6 Å². The Bertz CT molecular complexity index is 955. The Hall–Kier alpha value is -1.13. The number of benzene rings is 2. The monoisotopic (exact) mass is 764 g/mol. The van der Waals surface area contributed by atoms with Crippen LogP contribution in [0.25, 0.3) is 0 Å². The summed E-state index contributed by atoms with van der Waals surface area (Å²) in [5.41, 5.74) is -3.10. The minimum Gasteiger partial charge on any atom is -0.508 e. The molecule has 0 saturated heterocycles. The number of phenols is 2. The second-order valence-electron chi connectivity index (χ2n) is 17.0. The van der Waals surface area contributed by atoms with E-state index in [1.165, 1.54) is 0 Å². The molecule has 2 rings (SSSR count). The van der Waals surface area contributed by atoms with Crippen LogP contribution in [-0.4, -0.2) is 71.5 Å². The molecule has 0 aliphatic rings. The summed E-state index contributed by atoms with van der Waals surface area (Å²) in [6, 6.07) is 17.4. The summed E-state index contributed by atoms with van der Waals surface area (Å²) in [7, 11) is -7.31. The van der Waals surface area contributed by atoms with E-state index in [1.54, 1.807) is 48.5 Å². The van der Waals surface area contributed by atoms with Crippen molar-refractivity contribution in [1.29, 1.82) is 0 Å². The minimum absolute atomic E-state index is 0. The van der Waals surface area contributed by atoms with Crippen LogP contribution in [-0.2, 0) is 48.3 Å². The molecule has 0 amide bonds. The fourth-order valence-corrected chi connectivity index (χ4v) is 8.20. The molecule has 2 aromatic rings. The van der Waals surface area contributed by atoms with E-state index in [9.17, 15) is 9.59 Å². The van der Waals surface area contributed by atoms with Crippen LogP contribution in [0, 0.1) is 0 Å². The molecule has 0 aliphatic carbocycles. The number of hydrogen-bond donors (Lipinski definition) is 4. The number of aromatic hydroxyl groups is 2. The van der Waals surface area contributed by atoms with Crippen molar-refractivity contribution in [2.75, 3.05) is 0 Å². The zero-order valence-corrected chi connectivity index (χ0v) is 37.1. The third kappa shape index (κ3) is 36.5. The molecular formula is C36H68O10Si2Ti. The van der Waals surface area contributed by atoms with Crippen molar-refractivity contribution in [2.24, 2.45) is 0 Å². The van der Waals surface area contributed by atoms with Gasteiger partial charge in [0.1, 0.15) is 11.5 Å². The van der Waals surface area contributed by atoms with Crippen molar-refractivity contribution in [3.63, 3.8) is 0 Å². The van der Waals surface area contributed by atoms with Crippen LogP contribution in [0.15, 0.2) is 60.7 Å². The first-order valence-electron chi connectivity index (χ1n) is 16.2. The Labute approximate surface area is 315 Å². The van der Waals surface area contributed by atoms with Crippen molar-refractivity contribution in [3.05, 3.63) is 60.7 Å². The van der Waals surface area contributed by atoms with Crippen molar-refractivity contribution >= 4 is 18.1 Å². The van der Waals surface area contributed by atoms with E-state index in [-0.39, 0.29) is 21.7 Å². The molecule has 0 radical (unpaired) electrons. The molecule has 4 N–H and O–H groups in total. The average molecular weight is 765 g/mol. The van der Waals surface area contributed by atoms with Crippen LogP contribution in [0.1, 0.15) is 125 Å². The first-order chi connectivity index (χ1) is 21.0. The third-order valence-electron chi connectivity index (χ3n) is 4.12. The molecule has 0 aliphatic heterocycles. The first kappa shape index (κ1) is 52.2. The summed E-state index contributed by atoms with van der Waals surface area (Å²) in [4.78, 5) is 21.0. The summed E-state index contributed by atoms with van der Waals surface area (Å²) in [5, 5.41) is 17.3. The summed E-state index contributed by atoms with van der Waals surface area (Å²) in [5.74, 6) is 0.644. The van der Waals surface area contributed by atoms with Crippen LogP contribution >= 0.6 is 0 Å². The zero-order chi connectivity index (χ0) is 38.5. The van der Waals surface area contributed by atoms with E-state index in [1.807, 2.05) is 137 Å². The number of hydrogen-bond acceptors (Lipinski definition) is 10. The Balaban J connectivity index is -0.000000613. The Morgan fingerprint density at radius 3 is 0.571 bits per heavy atom. The van der Waals surface area contributed by atoms with Gasteiger partial charge >= 0.3 is 18.1 Å². The average Bonchev–Trinajstić information content (AvgIpc) is 2.72. The van der Waals surface area contributed by atoms with Gasteiger partial charge in [-0.1, -0.05) is 36.4 Å². The second kappa shape index (κ2) is 20.8. The van der Waals surface area contributed by atoms with Gasteiger partial charge in [-0.25, -0.2) is 0 Å². The maximum Gasteiger partial charge on any atom is 0.678 e. The molecule has 0 saturated carbocycles. The van der Waals surface area contributed by atoms with Gasteiger partial charge in [0.15, 0.2) is 0 Å². The van der Waals surface area contributed by atoms with Gasteiger partial charge in [0.25, 0.3) is 0 Å². The van der Waals surface area contributed by atoms with E-state index in [4.69, 9.17) is 36.8 Å². The van der Waals surface area contributed by atoms with E-state index in [2.05, 4.69) is 0 Å². The SMILES string of the molecule is CC(C)(C)O[Si](O)(OC(C)(C)C)OC(C)(C)C.CC(C)(C)O[Si](O)(OC(C)(C)C)OC(C)(C)C.Oc1ccccc1.Oc1ccccc1.[Ti]. The standard InChI is InChI=1S/2C12H28O4Si.2C6H6O.Ti/c2*1-10(2,3)14-17(13,15-11(4,5)6)16-12(7,8)9;2*7-6-4-2-1-3-5-6;/h2*13H,1-9H3;2*1-5,7H;. The Morgan fingerprint density at radius 1 is 0.347 bits per heavy atom. The summed E-state index contributed by atoms with van der Waals surface area (Å²) >= 11 is 0.